The number of imidazole rings is 1. The van der Waals surface area contributed by atoms with Crippen LogP contribution in [0.5, 0.6) is 0 Å². The van der Waals surface area contributed by atoms with Gasteiger partial charge in [-0.3, -0.25) is 9.36 Å². The molecule has 1 aromatic carbocycles. The predicted molar refractivity (Wildman–Crippen MR) is 88.8 cm³/mol. The number of likely N-dealkylation sites (N-methyl/N-ethyl adjacent to an activating group) is 1. The molecule has 0 aliphatic heterocycles. The first-order valence-corrected chi connectivity index (χ1v) is 8.17. The van der Waals surface area contributed by atoms with Crippen molar-refractivity contribution in [3.8, 4) is 5.69 Å². The number of aromatic nitrogens is 2. The van der Waals surface area contributed by atoms with Gasteiger partial charge in [0.15, 0.2) is 5.16 Å². The monoisotopic (exact) mass is 339 g/mol. The minimum absolute atomic E-state index is 0.0384. The van der Waals surface area contributed by atoms with E-state index in [0.717, 1.165) is 16.4 Å². The Hall–Kier alpha value is -1.50. The van der Waals surface area contributed by atoms with Gasteiger partial charge in [0.25, 0.3) is 0 Å². The zero-order valence-corrected chi connectivity index (χ0v) is 14.1. The second-order valence-corrected chi connectivity index (χ2v) is 6.14. The molecule has 0 unspecified atom stereocenters. The van der Waals surface area contributed by atoms with Crippen LogP contribution in [0.1, 0.15) is 5.56 Å². The molecule has 22 heavy (non-hydrogen) atoms. The van der Waals surface area contributed by atoms with Crippen molar-refractivity contribution in [1.29, 1.82) is 0 Å². The average Bonchev–Trinajstić information content (AvgIpc) is 2.96. The summed E-state index contributed by atoms with van der Waals surface area (Å²) < 4.78 is 1.92. The first kappa shape index (κ1) is 16.9. The third-order valence-corrected chi connectivity index (χ3v) is 4.65. The highest BCUT2D eigenvalue weighted by atomic mass is 35.5. The minimum atomic E-state index is -0.0450. The van der Waals surface area contributed by atoms with Crippen LogP contribution in [-0.4, -0.2) is 51.4 Å². The third kappa shape index (κ3) is 3.82. The Morgan fingerprint density at radius 3 is 3.00 bits per heavy atom. The quantitative estimate of drug-likeness (QED) is 0.821. The lowest BCUT2D eigenvalue weighted by atomic mass is 10.2. The van der Waals surface area contributed by atoms with Gasteiger partial charge in [0.1, 0.15) is 0 Å². The Labute approximate surface area is 138 Å². The zero-order valence-electron chi connectivity index (χ0n) is 12.5. The van der Waals surface area contributed by atoms with Gasteiger partial charge in [-0.1, -0.05) is 29.4 Å². The summed E-state index contributed by atoms with van der Waals surface area (Å²) in [5, 5.41) is 10.3. The van der Waals surface area contributed by atoms with E-state index in [2.05, 4.69) is 4.98 Å². The van der Waals surface area contributed by atoms with Crippen LogP contribution in [0.4, 0.5) is 0 Å². The lowest BCUT2D eigenvalue weighted by Gasteiger charge is -2.15. The molecular formula is C15H18ClN3O2S. The van der Waals surface area contributed by atoms with Crippen LogP contribution in [0.15, 0.2) is 35.7 Å². The molecule has 0 saturated heterocycles. The van der Waals surface area contributed by atoms with Crippen molar-refractivity contribution in [2.45, 2.75) is 12.1 Å². The van der Waals surface area contributed by atoms with Gasteiger partial charge in [-0.25, -0.2) is 4.98 Å². The molecule has 0 fully saturated rings. The normalized spacial score (nSPS) is 10.7. The summed E-state index contributed by atoms with van der Waals surface area (Å²) in [5.41, 5.74) is 1.91. The molecule has 5 nitrogen and oxygen atoms in total. The molecule has 1 amide bonds. The Balaban J connectivity index is 2.13. The van der Waals surface area contributed by atoms with Gasteiger partial charge < -0.3 is 10.0 Å². The SMILES string of the molecule is Cc1c(Cl)cccc1-n1ccnc1SCC(=O)N(C)CCO. The average molecular weight is 340 g/mol. The number of hydrogen-bond acceptors (Lipinski definition) is 4. The molecule has 0 spiro atoms. The number of rotatable bonds is 6. The summed E-state index contributed by atoms with van der Waals surface area (Å²) in [6, 6.07) is 5.70. The molecule has 2 aromatic rings. The second kappa shape index (κ2) is 7.67. The van der Waals surface area contributed by atoms with Crippen molar-refractivity contribution in [2.24, 2.45) is 0 Å². The van der Waals surface area contributed by atoms with E-state index in [0.29, 0.717) is 11.6 Å². The number of carbonyl (C=O) groups is 1. The number of aliphatic hydroxyl groups is 1. The molecule has 0 bridgehead atoms. The van der Waals surface area contributed by atoms with E-state index in [-0.39, 0.29) is 18.3 Å². The first-order valence-electron chi connectivity index (χ1n) is 6.81. The summed E-state index contributed by atoms with van der Waals surface area (Å²) in [4.78, 5) is 17.7. The first-order chi connectivity index (χ1) is 10.5. The number of thioether (sulfide) groups is 1. The number of halogens is 1. The standard InChI is InChI=1S/C15H18ClN3O2S/c1-11-12(16)4-3-5-13(11)19-7-6-17-15(19)22-10-14(21)18(2)8-9-20/h3-7,20H,8-10H2,1-2H3. The number of carbonyl (C=O) groups excluding carboxylic acids is 1. The Morgan fingerprint density at radius 1 is 1.50 bits per heavy atom. The molecule has 0 radical (unpaired) electrons. The van der Waals surface area contributed by atoms with E-state index in [1.165, 1.54) is 16.7 Å². The molecule has 0 aliphatic rings. The number of amides is 1. The maximum Gasteiger partial charge on any atom is 0.232 e. The highest BCUT2D eigenvalue weighted by molar-refractivity contribution is 7.99. The van der Waals surface area contributed by atoms with E-state index in [1.807, 2.05) is 35.9 Å². The Morgan fingerprint density at radius 2 is 2.27 bits per heavy atom. The number of hydrogen-bond donors (Lipinski definition) is 1. The summed E-state index contributed by atoms with van der Waals surface area (Å²) in [6.45, 7) is 2.25. The topological polar surface area (TPSA) is 58.4 Å². The molecule has 1 heterocycles. The molecule has 0 saturated carbocycles. The molecule has 1 aromatic heterocycles. The predicted octanol–water partition coefficient (Wildman–Crippen LogP) is 2.38. The van der Waals surface area contributed by atoms with Gasteiger partial charge in [-0.15, -0.1) is 0 Å². The van der Waals surface area contributed by atoms with E-state index in [9.17, 15) is 4.79 Å². The van der Waals surface area contributed by atoms with Crippen LogP contribution in [0.2, 0.25) is 5.02 Å². The minimum Gasteiger partial charge on any atom is -0.395 e. The molecular weight excluding hydrogens is 322 g/mol. The van der Waals surface area contributed by atoms with Crippen molar-refractivity contribution in [1.82, 2.24) is 14.5 Å². The Kier molecular flexibility index (Phi) is 5.88. The molecule has 1 N–H and O–H groups in total. The van der Waals surface area contributed by atoms with Crippen molar-refractivity contribution in [3.05, 3.63) is 41.2 Å². The highest BCUT2D eigenvalue weighted by Gasteiger charge is 2.13. The number of aliphatic hydroxyl groups excluding tert-OH is 1. The van der Waals surface area contributed by atoms with Gasteiger partial charge >= 0.3 is 0 Å². The van der Waals surface area contributed by atoms with Gasteiger partial charge in [-0.2, -0.15) is 0 Å². The molecule has 0 atom stereocenters. The maximum atomic E-state index is 11.9. The van der Waals surface area contributed by atoms with Crippen molar-refractivity contribution in [2.75, 3.05) is 26.0 Å². The Bertz CT molecular complexity index is 660. The van der Waals surface area contributed by atoms with Crippen molar-refractivity contribution in [3.63, 3.8) is 0 Å². The zero-order chi connectivity index (χ0) is 16.1. The number of nitrogens with zero attached hydrogens (tertiary/aromatic N) is 3. The van der Waals surface area contributed by atoms with Crippen molar-refractivity contribution >= 4 is 29.3 Å². The van der Waals surface area contributed by atoms with Crippen molar-refractivity contribution < 1.29 is 9.90 Å². The van der Waals surface area contributed by atoms with Crippen LogP contribution in [0.25, 0.3) is 5.69 Å². The lowest BCUT2D eigenvalue weighted by Crippen LogP contribution is -2.30. The van der Waals surface area contributed by atoms with Crippen LogP contribution in [0, 0.1) is 6.92 Å². The largest absolute Gasteiger partial charge is 0.395 e. The summed E-state index contributed by atoms with van der Waals surface area (Å²) in [7, 11) is 1.67. The summed E-state index contributed by atoms with van der Waals surface area (Å²) in [5.74, 6) is 0.226. The van der Waals surface area contributed by atoms with Crippen LogP contribution in [-0.2, 0) is 4.79 Å². The molecule has 118 valence electrons. The van der Waals surface area contributed by atoms with Gasteiger partial charge in [0.2, 0.25) is 5.91 Å². The smallest absolute Gasteiger partial charge is 0.232 e. The van der Waals surface area contributed by atoms with Crippen LogP contribution >= 0.6 is 23.4 Å². The van der Waals surface area contributed by atoms with E-state index in [4.69, 9.17) is 16.7 Å². The summed E-state index contributed by atoms with van der Waals surface area (Å²) in [6.07, 6.45) is 3.55. The maximum absolute atomic E-state index is 11.9. The third-order valence-electron chi connectivity index (χ3n) is 3.29. The molecule has 0 aliphatic carbocycles. The highest BCUT2D eigenvalue weighted by Crippen LogP contribution is 2.26. The number of benzene rings is 1. The van der Waals surface area contributed by atoms with Crippen LogP contribution < -0.4 is 0 Å². The molecule has 2 rings (SSSR count). The van der Waals surface area contributed by atoms with Gasteiger partial charge in [0.05, 0.1) is 18.0 Å². The van der Waals surface area contributed by atoms with E-state index < -0.39 is 0 Å². The summed E-state index contributed by atoms with van der Waals surface area (Å²) >= 11 is 7.52. The fourth-order valence-electron chi connectivity index (χ4n) is 1.95. The molecule has 7 heteroatoms. The van der Waals surface area contributed by atoms with Gasteiger partial charge in [-0.05, 0) is 24.6 Å². The fraction of sp³-hybridized carbons (Fsp3) is 0.333. The van der Waals surface area contributed by atoms with Crippen LogP contribution in [0.3, 0.4) is 0 Å². The van der Waals surface area contributed by atoms with Gasteiger partial charge in [0, 0.05) is 31.0 Å². The lowest BCUT2D eigenvalue weighted by molar-refractivity contribution is -0.127. The van der Waals surface area contributed by atoms with E-state index >= 15 is 0 Å². The second-order valence-electron chi connectivity index (χ2n) is 4.79. The fourth-order valence-corrected chi connectivity index (χ4v) is 3.02. The van der Waals surface area contributed by atoms with E-state index in [1.54, 1.807) is 13.2 Å².